The van der Waals surface area contributed by atoms with Crippen LogP contribution in [-0.2, 0) is 6.61 Å². The van der Waals surface area contributed by atoms with Crippen molar-refractivity contribution in [1.29, 1.82) is 0 Å². The molecule has 1 amide bonds. The molecule has 0 aliphatic carbocycles. The molecule has 1 aromatic carbocycles. The van der Waals surface area contributed by atoms with Crippen LogP contribution in [0.1, 0.15) is 22.1 Å². The molecule has 0 bridgehead atoms. The number of nitrogens with zero attached hydrogens (tertiary/aromatic N) is 3. The van der Waals surface area contributed by atoms with E-state index in [9.17, 15) is 4.79 Å². The van der Waals surface area contributed by atoms with Gasteiger partial charge in [-0.15, -0.1) is 0 Å². The summed E-state index contributed by atoms with van der Waals surface area (Å²) in [5.41, 5.74) is 5.37. The molecule has 2 N–H and O–H groups in total. The number of amides is 1. The van der Waals surface area contributed by atoms with Gasteiger partial charge in [0.15, 0.2) is 12.4 Å². The molecule has 128 valence electrons. The highest BCUT2D eigenvalue weighted by Crippen LogP contribution is 2.28. The smallest absolute Gasteiger partial charge is 0.264 e. The van der Waals surface area contributed by atoms with Crippen molar-refractivity contribution < 1.29 is 18.8 Å². The maximum Gasteiger partial charge on any atom is 0.264 e. The van der Waals surface area contributed by atoms with Gasteiger partial charge in [0.2, 0.25) is 11.8 Å². The number of ether oxygens (including phenoxy) is 2. The van der Waals surface area contributed by atoms with Crippen LogP contribution in [0.25, 0.3) is 0 Å². The van der Waals surface area contributed by atoms with Gasteiger partial charge in [-0.2, -0.15) is 4.98 Å². The molecule has 0 unspecified atom stereocenters. The topological polar surface area (TPSA) is 113 Å². The van der Waals surface area contributed by atoms with Gasteiger partial charge in [0, 0.05) is 6.20 Å². The van der Waals surface area contributed by atoms with E-state index in [0.29, 0.717) is 23.2 Å². The van der Waals surface area contributed by atoms with Crippen LogP contribution < -0.4 is 15.2 Å². The molecule has 0 fully saturated rings. The Morgan fingerprint density at radius 1 is 1.28 bits per heavy atom. The third-order valence-electron chi connectivity index (χ3n) is 3.06. The SMILES string of the molecule is Cc1noc(COc2ccc(Oc3ncc(C(N)=O)cc3Cl)cc2)n1. The number of aromatic nitrogens is 3. The lowest BCUT2D eigenvalue weighted by molar-refractivity contribution is 0.1000. The molecule has 0 atom stereocenters. The van der Waals surface area contributed by atoms with Crippen LogP contribution in [-0.4, -0.2) is 21.0 Å². The molecule has 0 saturated heterocycles. The number of halogens is 1. The lowest BCUT2D eigenvalue weighted by Crippen LogP contribution is -2.11. The molecule has 0 saturated carbocycles. The number of carbonyl (C=O) groups is 1. The van der Waals surface area contributed by atoms with E-state index in [-0.39, 0.29) is 23.1 Å². The molecule has 3 rings (SSSR count). The summed E-state index contributed by atoms with van der Waals surface area (Å²) in [6.07, 6.45) is 1.30. The number of hydrogen-bond acceptors (Lipinski definition) is 7. The molecular weight excluding hydrogens is 348 g/mol. The van der Waals surface area contributed by atoms with Gasteiger partial charge in [-0.3, -0.25) is 4.79 Å². The third-order valence-corrected chi connectivity index (χ3v) is 3.33. The summed E-state index contributed by atoms with van der Waals surface area (Å²) in [6, 6.07) is 8.20. The van der Waals surface area contributed by atoms with Gasteiger partial charge in [-0.1, -0.05) is 16.8 Å². The second kappa shape index (κ2) is 7.18. The van der Waals surface area contributed by atoms with Crippen LogP contribution in [0.5, 0.6) is 17.4 Å². The fourth-order valence-electron chi connectivity index (χ4n) is 1.89. The molecular formula is C16H13ClN4O4. The van der Waals surface area contributed by atoms with Crippen LogP contribution >= 0.6 is 11.6 Å². The second-order valence-corrected chi connectivity index (χ2v) is 5.38. The van der Waals surface area contributed by atoms with Crippen LogP contribution in [0.15, 0.2) is 41.1 Å². The van der Waals surface area contributed by atoms with E-state index in [1.54, 1.807) is 31.2 Å². The van der Waals surface area contributed by atoms with Crippen LogP contribution in [0, 0.1) is 6.92 Å². The van der Waals surface area contributed by atoms with E-state index in [0.717, 1.165) is 0 Å². The zero-order valence-electron chi connectivity index (χ0n) is 13.1. The minimum atomic E-state index is -0.612. The summed E-state index contributed by atoms with van der Waals surface area (Å²) in [5, 5.41) is 3.86. The predicted molar refractivity (Wildman–Crippen MR) is 87.6 cm³/mol. The molecule has 0 spiro atoms. The minimum Gasteiger partial charge on any atom is -0.484 e. The van der Waals surface area contributed by atoms with Crippen molar-refractivity contribution >= 4 is 17.5 Å². The van der Waals surface area contributed by atoms with Crippen molar-refractivity contribution in [1.82, 2.24) is 15.1 Å². The standard InChI is InChI=1S/C16H13ClN4O4/c1-9-20-14(25-21-9)8-23-11-2-4-12(5-3-11)24-16-13(17)6-10(7-19-16)15(18)22/h2-7H,8H2,1H3,(H2,18,22). The van der Waals surface area contributed by atoms with Crippen molar-refractivity contribution in [2.75, 3.05) is 0 Å². The maximum atomic E-state index is 11.1. The van der Waals surface area contributed by atoms with Gasteiger partial charge in [-0.05, 0) is 37.3 Å². The van der Waals surface area contributed by atoms with Crippen molar-refractivity contribution in [3.05, 3.63) is 58.8 Å². The first-order chi connectivity index (χ1) is 12.0. The summed E-state index contributed by atoms with van der Waals surface area (Å²) < 4.78 is 16.1. The van der Waals surface area contributed by atoms with Crippen LogP contribution in [0.4, 0.5) is 0 Å². The molecule has 3 aromatic rings. The first kappa shape index (κ1) is 16.7. The molecule has 0 radical (unpaired) electrons. The van der Waals surface area contributed by atoms with Crippen molar-refractivity contribution in [2.24, 2.45) is 5.73 Å². The predicted octanol–water partition coefficient (Wildman–Crippen LogP) is 2.90. The monoisotopic (exact) mass is 360 g/mol. The number of rotatable bonds is 6. The lowest BCUT2D eigenvalue weighted by atomic mass is 10.3. The fraction of sp³-hybridized carbons (Fsp3) is 0.125. The molecule has 2 aromatic heterocycles. The zero-order chi connectivity index (χ0) is 17.8. The van der Waals surface area contributed by atoms with Gasteiger partial charge in [0.05, 0.1) is 5.56 Å². The molecule has 9 heteroatoms. The van der Waals surface area contributed by atoms with E-state index in [4.69, 9.17) is 31.3 Å². The zero-order valence-corrected chi connectivity index (χ0v) is 13.9. The first-order valence-corrected chi connectivity index (χ1v) is 7.54. The Morgan fingerprint density at radius 3 is 2.60 bits per heavy atom. The van der Waals surface area contributed by atoms with Gasteiger partial charge in [0.25, 0.3) is 5.89 Å². The fourth-order valence-corrected chi connectivity index (χ4v) is 2.10. The normalized spacial score (nSPS) is 10.5. The van der Waals surface area contributed by atoms with Gasteiger partial charge >= 0.3 is 0 Å². The minimum absolute atomic E-state index is 0.168. The molecule has 2 heterocycles. The highest BCUT2D eigenvalue weighted by molar-refractivity contribution is 6.32. The summed E-state index contributed by atoms with van der Waals surface area (Å²) in [6.45, 7) is 1.90. The Hall–Kier alpha value is -3.13. The Bertz CT molecular complexity index is 895. The highest BCUT2D eigenvalue weighted by atomic mass is 35.5. The maximum absolute atomic E-state index is 11.1. The van der Waals surface area contributed by atoms with E-state index < -0.39 is 5.91 Å². The van der Waals surface area contributed by atoms with Crippen molar-refractivity contribution in [2.45, 2.75) is 13.5 Å². The molecule has 0 aliphatic rings. The Morgan fingerprint density at radius 2 is 2.00 bits per heavy atom. The number of hydrogen-bond donors (Lipinski definition) is 1. The number of primary amides is 1. The van der Waals surface area contributed by atoms with Crippen molar-refractivity contribution in [3.8, 4) is 17.4 Å². The Labute approximate surface area is 147 Å². The number of aryl methyl sites for hydroxylation is 1. The largest absolute Gasteiger partial charge is 0.484 e. The molecule has 0 aliphatic heterocycles. The van der Waals surface area contributed by atoms with Gasteiger partial charge in [0.1, 0.15) is 16.5 Å². The van der Waals surface area contributed by atoms with Crippen molar-refractivity contribution in [3.63, 3.8) is 0 Å². The number of carbonyl (C=O) groups excluding carboxylic acids is 1. The average Bonchev–Trinajstić information content (AvgIpc) is 3.01. The Kier molecular flexibility index (Phi) is 4.80. The van der Waals surface area contributed by atoms with E-state index in [2.05, 4.69) is 15.1 Å². The van der Waals surface area contributed by atoms with Gasteiger partial charge in [-0.25, -0.2) is 4.98 Å². The summed E-state index contributed by atoms with van der Waals surface area (Å²) in [4.78, 5) is 19.1. The van der Waals surface area contributed by atoms with Gasteiger partial charge < -0.3 is 19.7 Å². The summed E-state index contributed by atoms with van der Waals surface area (Å²) in [5.74, 6) is 1.60. The lowest BCUT2D eigenvalue weighted by Gasteiger charge is -2.08. The number of benzene rings is 1. The second-order valence-electron chi connectivity index (χ2n) is 4.97. The third kappa shape index (κ3) is 4.24. The van der Waals surface area contributed by atoms with E-state index in [1.807, 2.05) is 0 Å². The summed E-state index contributed by atoms with van der Waals surface area (Å²) in [7, 11) is 0. The number of pyridine rings is 1. The van der Waals surface area contributed by atoms with E-state index in [1.165, 1.54) is 12.3 Å². The number of nitrogens with two attached hydrogens (primary N) is 1. The van der Waals surface area contributed by atoms with E-state index >= 15 is 0 Å². The average molecular weight is 361 g/mol. The van der Waals surface area contributed by atoms with Crippen LogP contribution in [0.3, 0.4) is 0 Å². The molecule has 25 heavy (non-hydrogen) atoms. The quantitative estimate of drug-likeness (QED) is 0.718. The first-order valence-electron chi connectivity index (χ1n) is 7.16. The Balaban J connectivity index is 1.63. The van der Waals surface area contributed by atoms with Crippen LogP contribution in [0.2, 0.25) is 5.02 Å². The summed E-state index contributed by atoms with van der Waals surface area (Å²) >= 11 is 6.03. The highest BCUT2D eigenvalue weighted by Gasteiger charge is 2.10. The molecule has 8 nitrogen and oxygen atoms in total.